The number of aliphatic hydroxyl groups is 1. The topological polar surface area (TPSA) is 113 Å². The number of carboxylic acid groups (broad SMARTS) is 1. The summed E-state index contributed by atoms with van der Waals surface area (Å²) in [6.45, 7) is -0.145. The van der Waals surface area contributed by atoms with Gasteiger partial charge in [-0.05, 0) is 41.9 Å². The molecule has 128 valence electrons. The number of fused-ring (bicyclic) bond motifs is 1. The van der Waals surface area contributed by atoms with Crippen LogP contribution in [0, 0.1) is 5.92 Å². The minimum absolute atomic E-state index is 0. The fraction of sp³-hybridized carbons (Fsp3) is 0.333. The van der Waals surface area contributed by atoms with E-state index in [1.165, 1.54) is 0 Å². The minimum Gasteiger partial charge on any atom is -0.612 e. The van der Waals surface area contributed by atoms with E-state index in [0.717, 1.165) is 16.7 Å². The Morgan fingerprint density at radius 2 is 2.04 bits per heavy atom. The van der Waals surface area contributed by atoms with E-state index < -0.39 is 28.4 Å². The maximum atomic E-state index is 12.1. The number of β-lactam (4-membered cyclic amide) rings is 1. The van der Waals surface area contributed by atoms with E-state index in [9.17, 15) is 19.2 Å². The van der Waals surface area contributed by atoms with Crippen molar-refractivity contribution in [2.24, 2.45) is 5.92 Å². The summed E-state index contributed by atoms with van der Waals surface area (Å²) in [5.41, 5.74) is -0.285. The first-order chi connectivity index (χ1) is 11.4. The van der Waals surface area contributed by atoms with E-state index in [1.54, 1.807) is 30.5 Å². The second-order valence-corrected chi connectivity index (χ2v) is 7.76. The molecule has 1 unspecified atom stereocenters. The van der Waals surface area contributed by atoms with Gasteiger partial charge in [-0.2, -0.15) is 0 Å². The van der Waals surface area contributed by atoms with Gasteiger partial charge in [0.2, 0.25) is 5.91 Å². The fourth-order valence-corrected chi connectivity index (χ4v) is 4.53. The third-order valence-electron chi connectivity index (χ3n) is 3.82. The molecule has 1 N–H and O–H groups in total. The average molecular weight is 391 g/mol. The molecule has 10 heteroatoms. The summed E-state index contributed by atoms with van der Waals surface area (Å²) >= 11 is 0.00229. The zero-order chi connectivity index (χ0) is 17.4. The summed E-state index contributed by atoms with van der Waals surface area (Å²) in [4.78, 5) is 25.2. The number of carboxylic acids is 1. The molecule has 0 bridgehead atoms. The standard InChI is InChI=1S/C15H15NO6S2.Na/c1-24(21)9-4-2-8(3-5-9)22-15-11(14(19)20)16-12(18)10(6-7-17)13(16)23-15;/h2-5,10,13,17H,6-7H2,1H3,(H,19,20);/q;+1/p-1/t10-,13+,24?;/m0./s1. The molecular weight excluding hydrogens is 377 g/mol. The number of ether oxygens (including phenoxy) is 1. The van der Waals surface area contributed by atoms with Crippen molar-refractivity contribution in [1.29, 1.82) is 0 Å². The Kier molecular flexibility index (Phi) is 6.88. The number of hydrogen-bond donors (Lipinski definition) is 1. The van der Waals surface area contributed by atoms with Crippen molar-refractivity contribution in [3.05, 3.63) is 35.1 Å². The molecule has 1 aromatic carbocycles. The molecule has 3 atom stereocenters. The molecule has 1 saturated heterocycles. The van der Waals surface area contributed by atoms with Crippen molar-refractivity contribution in [3.8, 4) is 5.75 Å². The first-order valence-electron chi connectivity index (χ1n) is 7.11. The number of amides is 1. The largest absolute Gasteiger partial charge is 1.00 e. The molecule has 2 heterocycles. The zero-order valence-corrected chi connectivity index (χ0v) is 17.3. The summed E-state index contributed by atoms with van der Waals surface area (Å²) in [5, 5.41) is 20.1. The van der Waals surface area contributed by atoms with Crippen molar-refractivity contribution in [1.82, 2.24) is 4.90 Å². The van der Waals surface area contributed by atoms with Gasteiger partial charge in [-0.1, -0.05) is 11.8 Å². The van der Waals surface area contributed by atoms with Gasteiger partial charge in [-0.15, -0.1) is 0 Å². The predicted molar refractivity (Wildman–Crippen MR) is 84.9 cm³/mol. The number of hydrogen-bond acceptors (Lipinski definition) is 7. The van der Waals surface area contributed by atoms with Crippen LogP contribution in [-0.2, 0) is 20.8 Å². The molecular formula is C15H14NNaO6S2. The second kappa shape index (κ2) is 8.34. The molecule has 0 aromatic heterocycles. The van der Waals surface area contributed by atoms with Crippen molar-refractivity contribution in [2.45, 2.75) is 16.7 Å². The van der Waals surface area contributed by atoms with Crippen LogP contribution in [0.2, 0.25) is 0 Å². The Balaban J connectivity index is 0.00000225. The monoisotopic (exact) mass is 391 g/mol. The van der Waals surface area contributed by atoms with Crippen molar-refractivity contribution in [2.75, 3.05) is 12.9 Å². The second-order valence-electron chi connectivity index (χ2n) is 5.29. The summed E-state index contributed by atoms with van der Waals surface area (Å²) in [6, 6.07) is 6.41. The van der Waals surface area contributed by atoms with Crippen molar-refractivity contribution < 1.29 is 58.6 Å². The minimum atomic E-state index is -1.48. The number of aliphatic carboxylic acids is 1. The van der Waals surface area contributed by atoms with Gasteiger partial charge in [0, 0.05) is 6.61 Å². The molecule has 2 aliphatic rings. The summed E-state index contributed by atoms with van der Waals surface area (Å²) < 4.78 is 17.0. The smallest absolute Gasteiger partial charge is 0.612 e. The van der Waals surface area contributed by atoms with Crippen LogP contribution in [0.3, 0.4) is 0 Å². The van der Waals surface area contributed by atoms with E-state index in [-0.39, 0.29) is 59.3 Å². The van der Waals surface area contributed by atoms with Crippen molar-refractivity contribution >= 4 is 34.8 Å². The third kappa shape index (κ3) is 3.87. The van der Waals surface area contributed by atoms with E-state index in [1.807, 2.05) is 0 Å². The number of nitrogens with zero attached hydrogens (tertiary/aromatic N) is 1. The van der Waals surface area contributed by atoms with Crippen molar-refractivity contribution in [3.63, 3.8) is 0 Å². The Bertz CT molecular complexity index is 708. The van der Waals surface area contributed by atoms with Gasteiger partial charge < -0.3 is 24.3 Å². The van der Waals surface area contributed by atoms with Crippen LogP contribution in [0.4, 0.5) is 0 Å². The van der Waals surface area contributed by atoms with Crippen LogP contribution in [0.1, 0.15) is 6.42 Å². The van der Waals surface area contributed by atoms with Gasteiger partial charge in [0.1, 0.15) is 23.1 Å². The van der Waals surface area contributed by atoms with Crippen LogP contribution in [0.15, 0.2) is 39.9 Å². The van der Waals surface area contributed by atoms with E-state index in [2.05, 4.69) is 0 Å². The maximum absolute atomic E-state index is 12.1. The van der Waals surface area contributed by atoms with E-state index in [4.69, 9.17) is 9.84 Å². The molecule has 3 rings (SSSR count). The maximum Gasteiger partial charge on any atom is 1.00 e. The zero-order valence-electron chi connectivity index (χ0n) is 13.6. The summed E-state index contributed by atoms with van der Waals surface area (Å²) in [6.07, 6.45) is 1.83. The number of carbonyl (C=O) groups excluding carboxylic acids is 2. The van der Waals surface area contributed by atoms with E-state index in [0.29, 0.717) is 10.6 Å². The Hall–Kier alpha value is -0.680. The van der Waals surface area contributed by atoms with Crippen LogP contribution < -0.4 is 39.4 Å². The molecule has 0 saturated carbocycles. The molecule has 0 radical (unpaired) electrons. The third-order valence-corrected chi connectivity index (χ3v) is 6.02. The SMILES string of the molecule is C[S+]([O-])c1ccc(OC2=C(C(=O)[O-])N3C(=O)[C@H](CCO)[C@H]3S2)cc1.[Na+]. The molecule has 0 aliphatic carbocycles. The molecule has 25 heavy (non-hydrogen) atoms. The van der Waals surface area contributed by atoms with Gasteiger partial charge in [0.25, 0.3) is 0 Å². The number of benzene rings is 1. The van der Waals surface area contributed by atoms with Crippen LogP contribution >= 0.6 is 11.8 Å². The number of rotatable bonds is 6. The predicted octanol–water partition coefficient (Wildman–Crippen LogP) is -3.36. The Morgan fingerprint density at radius 3 is 2.56 bits per heavy atom. The number of aliphatic hydroxyl groups excluding tert-OH is 1. The first-order valence-corrected chi connectivity index (χ1v) is 9.55. The van der Waals surface area contributed by atoms with Crippen LogP contribution in [0.5, 0.6) is 5.75 Å². The van der Waals surface area contributed by atoms with E-state index >= 15 is 0 Å². The van der Waals surface area contributed by atoms with Gasteiger partial charge in [-0.3, -0.25) is 9.69 Å². The van der Waals surface area contributed by atoms with Crippen LogP contribution in [0.25, 0.3) is 0 Å². The average Bonchev–Trinajstić information content (AvgIpc) is 2.88. The molecule has 1 fully saturated rings. The van der Waals surface area contributed by atoms with Gasteiger partial charge >= 0.3 is 29.6 Å². The Labute approximate surface area is 173 Å². The fourth-order valence-electron chi connectivity index (χ4n) is 2.63. The van der Waals surface area contributed by atoms with Gasteiger partial charge in [-0.25, -0.2) is 0 Å². The molecule has 1 amide bonds. The van der Waals surface area contributed by atoms with Gasteiger partial charge in [0.05, 0.1) is 11.9 Å². The number of thioether (sulfide) groups is 1. The summed E-state index contributed by atoms with van der Waals surface area (Å²) in [5.74, 6) is -1.89. The molecule has 1 aromatic rings. The normalized spacial score (nSPS) is 22.8. The first kappa shape index (κ1) is 20.6. The molecule has 7 nitrogen and oxygen atoms in total. The molecule has 0 spiro atoms. The summed E-state index contributed by atoms with van der Waals surface area (Å²) in [7, 11) is 0. The Morgan fingerprint density at radius 1 is 1.40 bits per heavy atom. The number of carbonyl (C=O) groups is 2. The van der Waals surface area contributed by atoms with Gasteiger partial charge in [0.15, 0.2) is 9.99 Å². The molecule has 2 aliphatic heterocycles. The van der Waals surface area contributed by atoms with Crippen LogP contribution in [-0.4, -0.2) is 44.7 Å². The quantitative estimate of drug-likeness (QED) is 0.306.